The fourth-order valence-electron chi connectivity index (χ4n) is 15.5. The van der Waals surface area contributed by atoms with Crippen molar-refractivity contribution in [1.29, 1.82) is 0 Å². The molecule has 9 rings (SSSR count). The molecule has 44 heavy (non-hydrogen) atoms. The second kappa shape index (κ2) is 11.9. The van der Waals surface area contributed by atoms with Crippen LogP contribution in [-0.4, -0.2) is 11.1 Å². The molecule has 254 valence electrons. The van der Waals surface area contributed by atoms with E-state index < -0.39 is 5.97 Å². The highest BCUT2D eigenvalue weighted by molar-refractivity contribution is 5.66. The maximum Gasteiger partial charge on any atom is 0.303 e. The molecule has 0 saturated heterocycles. The van der Waals surface area contributed by atoms with Crippen LogP contribution in [0.5, 0.6) is 0 Å². The van der Waals surface area contributed by atoms with Gasteiger partial charge in [0.05, 0.1) is 0 Å². The zero-order chi connectivity index (χ0) is 32.4. The summed E-state index contributed by atoms with van der Waals surface area (Å²) in [5.74, 6) is 4.12. The van der Waals surface area contributed by atoms with Gasteiger partial charge in [-0.05, 0) is 132 Å². The molecule has 0 aromatic rings. The Labute approximate surface area is 274 Å². The van der Waals surface area contributed by atoms with Gasteiger partial charge in [0.1, 0.15) is 0 Å². The summed E-state index contributed by atoms with van der Waals surface area (Å²) in [6.45, 7) is 26.9. The number of unbranched alkanes of at least 4 members (excludes halogenated alkanes) is 8. The van der Waals surface area contributed by atoms with Gasteiger partial charge in [0.2, 0.25) is 0 Å². The second-order valence-corrected chi connectivity index (χ2v) is 19.5. The predicted molar refractivity (Wildman–Crippen MR) is 187 cm³/mol. The first-order chi connectivity index (χ1) is 20.5. The van der Waals surface area contributed by atoms with Crippen LogP contribution in [0.25, 0.3) is 0 Å². The Morgan fingerprint density at radius 3 is 1.48 bits per heavy atom. The highest BCUT2D eigenvalue weighted by atomic mass is 16.4. The number of aliphatic carboxylic acids is 1. The fraction of sp³-hybridized carbons (Fsp3) is 0.976. The van der Waals surface area contributed by atoms with Crippen LogP contribution in [0.3, 0.4) is 0 Å². The van der Waals surface area contributed by atoms with Crippen LogP contribution in [0.1, 0.15) is 191 Å². The van der Waals surface area contributed by atoms with Crippen molar-refractivity contribution in [2.75, 3.05) is 0 Å². The Morgan fingerprint density at radius 2 is 1.05 bits per heavy atom. The van der Waals surface area contributed by atoms with Gasteiger partial charge in [-0.2, -0.15) is 0 Å². The van der Waals surface area contributed by atoms with Crippen molar-refractivity contribution in [2.45, 2.75) is 191 Å². The average molecular weight is 611 g/mol. The molecular weight excluding hydrogens is 536 g/mol. The highest BCUT2D eigenvalue weighted by Gasteiger charge is 2.88. The summed E-state index contributed by atoms with van der Waals surface area (Å²) in [5, 5.41) is 8.41. The Kier molecular flexibility index (Phi) is 9.38. The zero-order valence-electron chi connectivity index (χ0n) is 31.2. The van der Waals surface area contributed by atoms with E-state index in [1.807, 2.05) is 0 Å². The molecule has 1 N–H and O–H groups in total. The molecule has 9 unspecified atom stereocenters. The van der Waals surface area contributed by atoms with Crippen molar-refractivity contribution < 1.29 is 9.90 Å². The van der Waals surface area contributed by atoms with E-state index in [1.54, 1.807) is 19.3 Å². The Bertz CT molecular complexity index is 1040. The van der Waals surface area contributed by atoms with Gasteiger partial charge in [-0.15, -0.1) is 0 Å². The third kappa shape index (κ3) is 4.31. The molecule has 9 saturated carbocycles. The third-order valence-corrected chi connectivity index (χ3v) is 17.9. The predicted octanol–water partition coefficient (Wildman–Crippen LogP) is 12.7. The van der Waals surface area contributed by atoms with Crippen LogP contribution in [0, 0.1) is 67.5 Å². The van der Waals surface area contributed by atoms with Crippen molar-refractivity contribution in [3.63, 3.8) is 0 Å². The largest absolute Gasteiger partial charge is 0.481 e. The fourth-order valence-corrected chi connectivity index (χ4v) is 15.5. The van der Waals surface area contributed by atoms with E-state index in [2.05, 4.69) is 69.2 Å². The molecule has 2 nitrogen and oxygen atoms in total. The normalized spacial score (nSPS) is 45.1. The molecule has 0 aliphatic heterocycles. The van der Waals surface area contributed by atoms with Crippen molar-refractivity contribution in [1.82, 2.24) is 0 Å². The second-order valence-electron chi connectivity index (χ2n) is 19.5. The topological polar surface area (TPSA) is 37.3 Å². The zero-order valence-corrected chi connectivity index (χ0v) is 31.2. The Balaban J connectivity index is 0.000000235. The van der Waals surface area contributed by atoms with Gasteiger partial charge in [0, 0.05) is 6.42 Å². The summed E-state index contributed by atoms with van der Waals surface area (Å²) in [6, 6.07) is 0. The average Bonchev–Trinajstić information content (AvgIpc) is 2.96. The number of hydrogen-bond acceptors (Lipinski definition) is 1. The molecule has 0 spiro atoms. The molecule has 9 fully saturated rings. The van der Waals surface area contributed by atoms with Crippen LogP contribution in [0.2, 0.25) is 0 Å². The third-order valence-electron chi connectivity index (χ3n) is 17.9. The van der Waals surface area contributed by atoms with Crippen LogP contribution in [-0.2, 0) is 4.79 Å². The molecule has 2 heteroatoms. The van der Waals surface area contributed by atoms with Crippen LogP contribution in [0.4, 0.5) is 0 Å². The van der Waals surface area contributed by atoms with E-state index in [9.17, 15) is 4.79 Å². The Morgan fingerprint density at radius 1 is 0.591 bits per heavy atom. The van der Waals surface area contributed by atoms with Gasteiger partial charge in [-0.1, -0.05) is 121 Å². The number of carboxylic acid groups (broad SMARTS) is 1. The lowest BCUT2D eigenvalue weighted by Crippen LogP contribution is -2.86. The molecule has 6 bridgehead atoms. The van der Waals surface area contributed by atoms with Crippen LogP contribution in [0.15, 0.2) is 0 Å². The van der Waals surface area contributed by atoms with E-state index in [1.165, 1.54) is 83.5 Å². The van der Waals surface area contributed by atoms with Gasteiger partial charge in [0.25, 0.3) is 0 Å². The van der Waals surface area contributed by atoms with Gasteiger partial charge in [0.15, 0.2) is 0 Å². The summed E-state index contributed by atoms with van der Waals surface area (Å²) >= 11 is 0. The van der Waals surface area contributed by atoms with E-state index >= 15 is 0 Å². The summed E-state index contributed by atoms with van der Waals surface area (Å²) in [5.41, 5.74) is 3.78. The Hall–Kier alpha value is -0.530. The molecule has 9 atom stereocenters. The lowest BCUT2D eigenvalue weighted by molar-refractivity contribution is -0.441. The summed E-state index contributed by atoms with van der Waals surface area (Å²) < 4.78 is 0. The first kappa shape index (κ1) is 34.8. The molecule has 0 heterocycles. The molecular formula is C42H74O2. The van der Waals surface area contributed by atoms with Gasteiger partial charge < -0.3 is 5.11 Å². The summed E-state index contributed by atoms with van der Waals surface area (Å²) in [4.78, 5) is 10.2. The first-order valence-corrected chi connectivity index (χ1v) is 19.8. The summed E-state index contributed by atoms with van der Waals surface area (Å²) in [7, 11) is 0. The van der Waals surface area contributed by atoms with E-state index in [-0.39, 0.29) is 0 Å². The maximum absolute atomic E-state index is 10.2. The van der Waals surface area contributed by atoms with E-state index in [4.69, 9.17) is 5.11 Å². The van der Waals surface area contributed by atoms with Crippen LogP contribution < -0.4 is 0 Å². The van der Waals surface area contributed by atoms with Gasteiger partial charge in [-0.3, -0.25) is 4.79 Å². The quantitative estimate of drug-likeness (QED) is 0.223. The molecule has 0 aromatic carbocycles. The number of carbonyl (C=O) groups is 1. The van der Waals surface area contributed by atoms with Crippen LogP contribution >= 0.6 is 0 Å². The van der Waals surface area contributed by atoms with Crippen molar-refractivity contribution in [3.8, 4) is 0 Å². The van der Waals surface area contributed by atoms with Crippen molar-refractivity contribution in [3.05, 3.63) is 0 Å². The number of carboxylic acids is 1. The number of hydrogen-bond donors (Lipinski definition) is 1. The summed E-state index contributed by atoms with van der Waals surface area (Å²) in [6.07, 6.45) is 25.2. The minimum atomic E-state index is -0.659. The molecule has 0 aromatic heterocycles. The van der Waals surface area contributed by atoms with Crippen molar-refractivity contribution >= 4 is 5.97 Å². The molecule has 0 amide bonds. The first-order valence-electron chi connectivity index (χ1n) is 19.8. The maximum atomic E-state index is 10.2. The van der Waals surface area contributed by atoms with E-state index in [0.29, 0.717) is 44.3 Å². The standard InChI is InChI=1S/C30H50.C12H24O2/c1-19-10-12-21-16-28(19,24(21,3)4)27(9)15-14-23-18-30(27,26(23,7)8)29-17-22(25(29,5)6)13-11-20(29)2;1-2-3-4-5-6-7-8-9-10-11-12(13)14/h19-23H,10-18H2,1-9H3;2-11H2,1H3,(H,13,14). The highest BCUT2D eigenvalue weighted by Crippen LogP contribution is 2.95. The smallest absolute Gasteiger partial charge is 0.303 e. The number of rotatable bonds is 12. The number of fused-ring (bicyclic) bond motifs is 6. The lowest BCUT2D eigenvalue weighted by atomic mass is 9.12. The van der Waals surface area contributed by atoms with Gasteiger partial charge >= 0.3 is 5.97 Å². The molecule has 9 aliphatic carbocycles. The van der Waals surface area contributed by atoms with Gasteiger partial charge in [-0.25, -0.2) is 0 Å². The lowest BCUT2D eigenvalue weighted by Gasteiger charge is -2.92. The minimum absolute atomic E-state index is 0.343. The van der Waals surface area contributed by atoms with Crippen molar-refractivity contribution in [2.24, 2.45) is 67.5 Å². The monoisotopic (exact) mass is 611 g/mol. The van der Waals surface area contributed by atoms with E-state index in [0.717, 1.165) is 42.4 Å². The molecule has 9 aliphatic rings. The SMILES string of the molecule is CC1CCC2CC1(C1(C)CCC3CC1(C14CC(CCC1C)C4(C)C)C3(C)C)C2(C)C.CCCCCCCCCCCC(=O)O. The molecule has 0 radical (unpaired) electrons. The minimum Gasteiger partial charge on any atom is -0.481 e.